The van der Waals surface area contributed by atoms with Crippen molar-refractivity contribution in [2.45, 2.75) is 0 Å². The average Bonchev–Trinajstić information content (AvgIpc) is 2.16. The van der Waals surface area contributed by atoms with Crippen LogP contribution in [0, 0.1) is 0 Å². The van der Waals surface area contributed by atoms with Crippen molar-refractivity contribution in [3.63, 3.8) is 0 Å². The smallest absolute Gasteiger partial charge is 0.239 e. The van der Waals surface area contributed by atoms with E-state index >= 15 is 0 Å². The predicted octanol–water partition coefficient (Wildman–Crippen LogP) is 2.63. The van der Waals surface area contributed by atoms with Crippen molar-refractivity contribution in [1.82, 2.24) is 0 Å². The third kappa shape index (κ3) is 3.20. The lowest BCUT2D eigenvalue weighted by molar-refractivity contribution is -0.113. The van der Waals surface area contributed by atoms with E-state index < -0.39 is 0 Å². The molecule has 0 radical (unpaired) electrons. The quantitative estimate of drug-likeness (QED) is 0.863. The second kappa shape index (κ2) is 5.22. The van der Waals surface area contributed by atoms with E-state index in [4.69, 9.17) is 16.3 Å². The third-order valence-electron chi connectivity index (χ3n) is 1.51. The fourth-order valence-electron chi connectivity index (χ4n) is 0.947. The number of carbonyl (C=O) groups excluding carboxylic acids is 1. The summed E-state index contributed by atoms with van der Waals surface area (Å²) in [7, 11) is 1.56. The molecular weight excluding hydrogens is 269 g/mol. The van der Waals surface area contributed by atoms with E-state index in [0.29, 0.717) is 11.4 Å². The highest BCUT2D eigenvalue weighted by atomic mass is 79.9. The number of nitrogens with one attached hydrogen (secondary N) is 1. The molecule has 0 aliphatic carbocycles. The van der Waals surface area contributed by atoms with Gasteiger partial charge in [0, 0.05) is 16.2 Å². The minimum Gasteiger partial charge on any atom is -0.497 e. The minimum atomic E-state index is -0.244. The molecule has 0 unspecified atom stereocenters. The molecule has 0 saturated heterocycles. The Hall–Kier alpha value is -0.740. The van der Waals surface area contributed by atoms with Crippen LogP contribution >= 0.6 is 27.5 Å². The van der Waals surface area contributed by atoms with Crippen molar-refractivity contribution in [2.75, 3.05) is 18.3 Å². The van der Waals surface area contributed by atoms with Crippen molar-refractivity contribution in [1.29, 1.82) is 0 Å². The van der Waals surface area contributed by atoms with Gasteiger partial charge in [-0.05, 0) is 12.1 Å². The summed E-state index contributed by atoms with van der Waals surface area (Å²) in [6, 6.07) is 5.29. The van der Waals surface area contributed by atoms with Crippen LogP contribution in [-0.4, -0.2) is 18.9 Å². The highest BCUT2D eigenvalue weighted by Crippen LogP contribution is 2.24. The van der Waals surface area contributed by atoms with Gasteiger partial charge < -0.3 is 10.1 Å². The summed E-state index contributed by atoms with van der Waals surface area (Å²) in [6.07, 6.45) is 0. The second-order valence-corrected chi connectivity index (χ2v) is 3.74. The van der Waals surface area contributed by atoms with E-state index in [1.54, 1.807) is 25.3 Å². The van der Waals surface area contributed by atoms with Crippen LogP contribution in [0.4, 0.5) is 5.69 Å². The Morgan fingerprint density at radius 2 is 2.29 bits per heavy atom. The zero-order valence-corrected chi connectivity index (χ0v) is 9.85. The number of benzene rings is 1. The summed E-state index contributed by atoms with van der Waals surface area (Å²) in [5.74, 6) is 0.366. The zero-order valence-electron chi connectivity index (χ0n) is 7.51. The Balaban J connectivity index is 2.86. The van der Waals surface area contributed by atoms with Gasteiger partial charge in [-0.2, -0.15) is 0 Å². The fourth-order valence-corrected chi connectivity index (χ4v) is 1.49. The van der Waals surface area contributed by atoms with Crippen LogP contribution < -0.4 is 10.1 Å². The van der Waals surface area contributed by atoms with Crippen molar-refractivity contribution in [3.05, 3.63) is 22.7 Å². The van der Waals surface area contributed by atoms with Crippen LogP contribution in [0.3, 0.4) is 0 Å². The van der Waals surface area contributed by atoms with Crippen LogP contribution in [0.25, 0.3) is 0 Å². The van der Waals surface area contributed by atoms with E-state index in [0.717, 1.165) is 4.47 Å². The predicted molar refractivity (Wildman–Crippen MR) is 60.0 cm³/mol. The van der Waals surface area contributed by atoms with Crippen molar-refractivity contribution in [3.8, 4) is 5.75 Å². The molecule has 76 valence electrons. The third-order valence-corrected chi connectivity index (χ3v) is 2.21. The van der Waals surface area contributed by atoms with Crippen LogP contribution in [0.15, 0.2) is 22.7 Å². The van der Waals surface area contributed by atoms with E-state index in [1.165, 1.54) is 0 Å². The maximum atomic E-state index is 11.0. The molecular formula is C9H9BrClNO2. The van der Waals surface area contributed by atoms with E-state index in [-0.39, 0.29) is 11.8 Å². The molecule has 1 N–H and O–H groups in total. The van der Waals surface area contributed by atoms with Crippen LogP contribution in [-0.2, 0) is 4.79 Å². The zero-order chi connectivity index (χ0) is 10.6. The molecule has 0 saturated carbocycles. The molecule has 0 bridgehead atoms. The summed E-state index contributed by atoms with van der Waals surface area (Å²) in [5, 5.41) is 2.63. The normalized spacial score (nSPS) is 9.64. The fraction of sp³-hybridized carbons (Fsp3) is 0.222. The molecule has 0 aliphatic heterocycles. The first-order chi connectivity index (χ1) is 6.65. The first-order valence-corrected chi connectivity index (χ1v) is 5.19. The van der Waals surface area contributed by atoms with Gasteiger partial charge in [0.15, 0.2) is 0 Å². The number of carbonyl (C=O) groups is 1. The first kappa shape index (κ1) is 11.3. The minimum absolute atomic E-state index is 0.0607. The van der Waals surface area contributed by atoms with Crippen molar-refractivity contribution < 1.29 is 9.53 Å². The second-order valence-electron chi connectivity index (χ2n) is 2.56. The monoisotopic (exact) mass is 277 g/mol. The number of halogens is 2. The number of alkyl halides is 1. The molecule has 14 heavy (non-hydrogen) atoms. The maximum Gasteiger partial charge on any atom is 0.239 e. The average molecular weight is 279 g/mol. The van der Waals surface area contributed by atoms with Gasteiger partial charge in [-0.3, -0.25) is 4.79 Å². The largest absolute Gasteiger partial charge is 0.497 e. The molecule has 0 fully saturated rings. The summed E-state index contributed by atoms with van der Waals surface area (Å²) in [4.78, 5) is 11.0. The lowest BCUT2D eigenvalue weighted by Gasteiger charge is -2.06. The lowest BCUT2D eigenvalue weighted by Crippen LogP contribution is -2.12. The Kier molecular flexibility index (Phi) is 4.22. The molecule has 0 spiro atoms. The molecule has 0 aliphatic rings. The number of methoxy groups -OCH3 is 1. The Bertz CT molecular complexity index is 344. The van der Waals surface area contributed by atoms with E-state index in [1.807, 2.05) is 0 Å². The van der Waals surface area contributed by atoms with Gasteiger partial charge in [-0.1, -0.05) is 15.9 Å². The SMILES string of the molecule is COc1cc(Br)cc(NC(=O)CCl)c1. The van der Waals surface area contributed by atoms with Gasteiger partial charge >= 0.3 is 0 Å². The van der Waals surface area contributed by atoms with Crippen LogP contribution in [0.5, 0.6) is 5.75 Å². The topological polar surface area (TPSA) is 38.3 Å². The van der Waals surface area contributed by atoms with Crippen LogP contribution in [0.2, 0.25) is 0 Å². The molecule has 0 aromatic heterocycles. The van der Waals surface area contributed by atoms with Gasteiger partial charge in [-0.15, -0.1) is 11.6 Å². The Morgan fingerprint density at radius 1 is 1.57 bits per heavy atom. The molecule has 0 heterocycles. The first-order valence-electron chi connectivity index (χ1n) is 3.86. The standard InChI is InChI=1S/C9H9BrClNO2/c1-14-8-3-6(10)2-7(4-8)12-9(13)5-11/h2-4H,5H2,1H3,(H,12,13). The van der Waals surface area contributed by atoms with Crippen molar-refractivity contribution in [2.24, 2.45) is 0 Å². The van der Waals surface area contributed by atoms with E-state index in [2.05, 4.69) is 21.2 Å². The lowest BCUT2D eigenvalue weighted by atomic mass is 10.3. The Labute approximate surface area is 95.5 Å². The van der Waals surface area contributed by atoms with Gasteiger partial charge in [0.1, 0.15) is 11.6 Å². The highest BCUT2D eigenvalue weighted by molar-refractivity contribution is 9.10. The van der Waals surface area contributed by atoms with Crippen LogP contribution in [0.1, 0.15) is 0 Å². The molecule has 1 aromatic carbocycles. The van der Waals surface area contributed by atoms with Gasteiger partial charge in [0.25, 0.3) is 0 Å². The summed E-state index contributed by atoms with van der Waals surface area (Å²) in [6.45, 7) is 0. The number of amides is 1. The number of ether oxygens (including phenoxy) is 1. The molecule has 1 amide bonds. The molecule has 1 aromatic rings. The number of hydrogen-bond donors (Lipinski definition) is 1. The number of rotatable bonds is 3. The van der Waals surface area contributed by atoms with E-state index in [9.17, 15) is 4.79 Å². The van der Waals surface area contributed by atoms with Gasteiger partial charge in [-0.25, -0.2) is 0 Å². The van der Waals surface area contributed by atoms with Gasteiger partial charge in [0.2, 0.25) is 5.91 Å². The number of hydrogen-bond acceptors (Lipinski definition) is 2. The summed E-state index contributed by atoms with van der Waals surface area (Å²) >= 11 is 8.66. The van der Waals surface area contributed by atoms with Gasteiger partial charge in [0.05, 0.1) is 7.11 Å². The molecule has 0 atom stereocenters. The van der Waals surface area contributed by atoms with Crippen molar-refractivity contribution >= 4 is 39.1 Å². The highest BCUT2D eigenvalue weighted by Gasteiger charge is 2.02. The maximum absolute atomic E-state index is 11.0. The summed E-state index contributed by atoms with van der Waals surface area (Å²) < 4.78 is 5.87. The molecule has 5 heteroatoms. The number of anilines is 1. The molecule has 1 rings (SSSR count). The summed E-state index contributed by atoms with van der Waals surface area (Å²) in [5.41, 5.74) is 0.655. The molecule has 3 nitrogen and oxygen atoms in total. The Morgan fingerprint density at radius 3 is 2.86 bits per heavy atom.